The molecule has 0 saturated heterocycles. The molecule has 0 radical (unpaired) electrons. The average molecular weight is 666 g/mol. The van der Waals surface area contributed by atoms with Crippen LogP contribution in [0.25, 0.3) is 21.9 Å². The molecule has 6 aromatic rings. The van der Waals surface area contributed by atoms with Crippen LogP contribution in [0.15, 0.2) is 144 Å². The van der Waals surface area contributed by atoms with Gasteiger partial charge in [0, 0.05) is 22.3 Å². The smallest absolute Gasteiger partial charge is 0.282 e. The van der Waals surface area contributed by atoms with Gasteiger partial charge in [0.1, 0.15) is 16.3 Å². The molecule has 0 bridgehead atoms. The van der Waals surface area contributed by atoms with Crippen molar-refractivity contribution in [2.45, 2.75) is 56.5 Å². The van der Waals surface area contributed by atoms with Crippen LogP contribution >= 0.6 is 0 Å². The third-order valence-electron chi connectivity index (χ3n) is 9.62. The maximum Gasteiger partial charge on any atom is 0.298 e. The molecular weight excluding hydrogens is 625 g/mol. The van der Waals surface area contributed by atoms with Crippen LogP contribution < -0.4 is 4.90 Å². The van der Waals surface area contributed by atoms with Crippen molar-refractivity contribution < 1.29 is 17.5 Å². The van der Waals surface area contributed by atoms with Gasteiger partial charge < -0.3 is 0 Å². The predicted molar refractivity (Wildman–Crippen MR) is 201 cm³/mol. The molecule has 1 aliphatic heterocycles. The molecule has 7 rings (SSSR count). The Morgan fingerprint density at radius 1 is 0.653 bits per heavy atom. The fourth-order valence-electron chi connectivity index (χ4n) is 7.36. The van der Waals surface area contributed by atoms with Crippen molar-refractivity contribution in [1.82, 2.24) is 0 Å². The minimum absolute atomic E-state index is 0.125. The number of para-hydroxylation sites is 1. The number of anilines is 1. The van der Waals surface area contributed by atoms with E-state index in [1.54, 1.807) is 12.1 Å². The Balaban J connectivity index is 1.55. The molecule has 0 amide bonds. The first-order chi connectivity index (χ1) is 23.6. The molecule has 5 nitrogen and oxygen atoms in total. The van der Waals surface area contributed by atoms with E-state index in [4.69, 9.17) is 0 Å². The van der Waals surface area contributed by atoms with Crippen LogP contribution in [-0.2, 0) is 10.1 Å². The molecule has 1 aliphatic rings. The van der Waals surface area contributed by atoms with E-state index in [1.165, 1.54) is 39.1 Å². The monoisotopic (exact) mass is 665 g/mol. The second-order valence-electron chi connectivity index (χ2n) is 13.4. The van der Waals surface area contributed by atoms with Crippen molar-refractivity contribution in [2.24, 2.45) is 0 Å². The molecule has 0 unspecified atom stereocenters. The van der Waals surface area contributed by atoms with Crippen LogP contribution in [0.4, 0.5) is 11.4 Å². The maximum absolute atomic E-state index is 12.8. The van der Waals surface area contributed by atoms with Crippen LogP contribution in [0, 0.1) is 0 Å². The van der Waals surface area contributed by atoms with E-state index >= 15 is 0 Å². The highest BCUT2D eigenvalue weighted by molar-refractivity contribution is 7.86. The van der Waals surface area contributed by atoms with Crippen molar-refractivity contribution in [1.29, 1.82) is 0 Å². The van der Waals surface area contributed by atoms with Gasteiger partial charge in [-0.2, -0.15) is 8.42 Å². The minimum Gasteiger partial charge on any atom is -0.282 e. The summed E-state index contributed by atoms with van der Waals surface area (Å²) in [6.07, 6.45) is 2.06. The maximum atomic E-state index is 12.8. The highest BCUT2D eigenvalue weighted by Gasteiger charge is 2.48. The van der Waals surface area contributed by atoms with Gasteiger partial charge in [-0.05, 0) is 58.0 Å². The third-order valence-corrected chi connectivity index (χ3v) is 10.5. The van der Waals surface area contributed by atoms with Crippen molar-refractivity contribution in [3.63, 3.8) is 0 Å². The van der Waals surface area contributed by atoms with E-state index in [0.29, 0.717) is 5.69 Å². The fourth-order valence-corrected chi connectivity index (χ4v) is 8.04. The van der Waals surface area contributed by atoms with E-state index in [9.17, 15) is 13.0 Å². The second-order valence-corrected chi connectivity index (χ2v) is 14.8. The largest absolute Gasteiger partial charge is 0.298 e. The molecule has 2 atom stereocenters. The summed E-state index contributed by atoms with van der Waals surface area (Å²) in [6.45, 7) is 8.96. The highest BCUT2D eigenvalue weighted by atomic mass is 32.2. The molecule has 246 valence electrons. The summed E-state index contributed by atoms with van der Waals surface area (Å²) in [5.41, 5.74) is 8.47. The summed E-state index contributed by atoms with van der Waals surface area (Å²) in [7, 11) is -4.52. The Hall–Kier alpha value is -5.04. The second kappa shape index (κ2) is 13.1. The van der Waals surface area contributed by atoms with E-state index in [2.05, 4.69) is 130 Å². The summed E-state index contributed by atoms with van der Waals surface area (Å²) < 4.78 is 38.4. The summed E-state index contributed by atoms with van der Waals surface area (Å²) in [5, 5.41) is 2.42. The van der Waals surface area contributed by atoms with Crippen molar-refractivity contribution in [2.75, 3.05) is 4.90 Å². The summed E-state index contributed by atoms with van der Waals surface area (Å²) in [4.78, 5) is 1.91. The first-order valence-electron chi connectivity index (χ1n) is 16.9. The molecule has 0 fully saturated rings. The molecule has 6 aromatic carbocycles. The topological polar surface area (TPSA) is 60.6 Å². The van der Waals surface area contributed by atoms with Gasteiger partial charge >= 0.3 is 0 Å². The zero-order valence-corrected chi connectivity index (χ0v) is 29.0. The predicted octanol–water partition coefficient (Wildman–Crippen LogP) is 10.7. The highest BCUT2D eigenvalue weighted by Crippen LogP contribution is 2.50. The van der Waals surface area contributed by atoms with Crippen LogP contribution in [0.1, 0.15) is 73.9 Å². The van der Waals surface area contributed by atoms with E-state index in [1.807, 2.05) is 35.2 Å². The van der Waals surface area contributed by atoms with Gasteiger partial charge in [0.2, 0.25) is 6.34 Å². The first-order valence-corrected chi connectivity index (χ1v) is 18.3. The lowest BCUT2D eigenvalue weighted by molar-refractivity contribution is -0.482. The number of benzene rings is 6. The lowest BCUT2D eigenvalue weighted by atomic mass is 9.85. The SMILES string of the molecule is CC(C)c1cc(-c2cccc3ccccc23)cc(C(C)C)c1[N+]1=CN(c2ccccc2S(=O)(=O)O)[C@@H](c2ccccc2)[C@@H]1c1ccccc1. The minimum atomic E-state index is -4.52. The van der Waals surface area contributed by atoms with E-state index in [-0.39, 0.29) is 28.8 Å². The van der Waals surface area contributed by atoms with Gasteiger partial charge in [-0.15, -0.1) is 0 Å². The van der Waals surface area contributed by atoms with Gasteiger partial charge in [0.05, 0.1) is 0 Å². The lowest BCUT2D eigenvalue weighted by Crippen LogP contribution is -2.27. The average Bonchev–Trinajstić information content (AvgIpc) is 3.51. The van der Waals surface area contributed by atoms with Gasteiger partial charge in [0.15, 0.2) is 12.1 Å². The third kappa shape index (κ3) is 6.07. The van der Waals surface area contributed by atoms with Gasteiger partial charge in [-0.3, -0.25) is 4.55 Å². The van der Waals surface area contributed by atoms with Crippen LogP contribution in [0.5, 0.6) is 0 Å². The summed E-state index contributed by atoms with van der Waals surface area (Å²) >= 11 is 0. The molecular formula is C43H41N2O3S+. The molecule has 1 N–H and O–H groups in total. The Labute approximate surface area is 289 Å². The molecule has 0 saturated carbocycles. The van der Waals surface area contributed by atoms with Crippen LogP contribution in [0.2, 0.25) is 0 Å². The zero-order valence-electron chi connectivity index (χ0n) is 28.2. The van der Waals surface area contributed by atoms with Gasteiger partial charge in [-0.25, -0.2) is 9.48 Å². The number of fused-ring (bicyclic) bond motifs is 1. The van der Waals surface area contributed by atoms with E-state index in [0.717, 1.165) is 16.8 Å². The Morgan fingerprint density at radius 2 is 1.20 bits per heavy atom. The zero-order chi connectivity index (χ0) is 34.3. The van der Waals surface area contributed by atoms with Crippen molar-refractivity contribution in [3.05, 3.63) is 162 Å². The molecule has 0 aliphatic carbocycles. The summed E-state index contributed by atoms with van der Waals surface area (Å²) in [5.74, 6) is 0.364. The van der Waals surface area contributed by atoms with Gasteiger partial charge in [-0.1, -0.05) is 143 Å². The van der Waals surface area contributed by atoms with Crippen LogP contribution in [-0.4, -0.2) is 23.9 Å². The first kappa shape index (κ1) is 32.5. The summed E-state index contributed by atoms with van der Waals surface area (Å²) in [6, 6.07) is 46.5. The fraction of sp³-hybridized carbons (Fsp3) is 0.186. The lowest BCUT2D eigenvalue weighted by Gasteiger charge is -2.27. The molecule has 1 heterocycles. The Morgan fingerprint density at radius 3 is 1.84 bits per heavy atom. The Bertz CT molecular complexity index is 2250. The molecule has 49 heavy (non-hydrogen) atoms. The standard InChI is InChI=1S/C43H40N2O3S/c1-29(2)37-26-34(36-23-15-21-31-16-11-12-22-35(31)36)27-38(30(3)4)43(37)45-28-44(39-24-13-14-25-40(39)49(46,47)48)41(32-17-7-5-8-18-32)42(45)33-19-9-6-10-20-33/h5-30,41-42H,1-4H3/p+1/t41-,42-/m0/s1. The molecule has 6 heteroatoms. The van der Waals surface area contributed by atoms with E-state index < -0.39 is 10.1 Å². The molecule has 0 aromatic heterocycles. The molecule has 0 spiro atoms. The number of rotatable bonds is 8. The number of nitrogens with zero attached hydrogens (tertiary/aromatic N) is 2. The Kier molecular flexibility index (Phi) is 8.70. The van der Waals surface area contributed by atoms with Crippen LogP contribution in [0.3, 0.4) is 0 Å². The normalized spacial score (nSPS) is 16.5. The van der Waals surface area contributed by atoms with Gasteiger partial charge in [0.25, 0.3) is 10.1 Å². The van der Waals surface area contributed by atoms with Crippen molar-refractivity contribution >= 4 is 38.6 Å². The number of hydrogen-bond acceptors (Lipinski definition) is 3. The van der Waals surface area contributed by atoms with Crippen molar-refractivity contribution in [3.8, 4) is 11.1 Å². The quantitative estimate of drug-likeness (QED) is 0.130. The number of hydrogen-bond donors (Lipinski definition) is 1.